The third kappa shape index (κ3) is 2.27. The van der Waals surface area contributed by atoms with Gasteiger partial charge in [0.15, 0.2) is 0 Å². The highest BCUT2D eigenvalue weighted by Crippen LogP contribution is 2.58. The van der Waals surface area contributed by atoms with Gasteiger partial charge in [-0.2, -0.15) is 0 Å². The van der Waals surface area contributed by atoms with Crippen molar-refractivity contribution in [1.29, 1.82) is 0 Å². The molecule has 0 aromatic heterocycles. The Morgan fingerprint density at radius 1 is 1.14 bits per heavy atom. The molecule has 122 valence electrons. The number of esters is 1. The third-order valence-corrected chi connectivity index (χ3v) is 6.25. The van der Waals surface area contributed by atoms with Crippen molar-refractivity contribution in [3.05, 3.63) is 12.3 Å². The summed E-state index contributed by atoms with van der Waals surface area (Å²) in [4.78, 5) is 12.4. The van der Waals surface area contributed by atoms with Gasteiger partial charge in [-0.1, -0.05) is 32.1 Å². The Hall–Kier alpha value is -1.03. The maximum atomic E-state index is 12.4. The molecule has 2 heterocycles. The largest absolute Gasteiger partial charge is 0.473 e. The molecule has 2 aliphatic carbocycles. The Labute approximate surface area is 132 Å². The van der Waals surface area contributed by atoms with Crippen LogP contribution in [0.5, 0.6) is 0 Å². The third-order valence-electron chi connectivity index (χ3n) is 6.25. The number of rotatable bonds is 3. The highest BCUT2D eigenvalue weighted by atomic mass is 16.7. The Kier molecular flexibility index (Phi) is 3.67. The van der Waals surface area contributed by atoms with Gasteiger partial charge >= 0.3 is 5.97 Å². The van der Waals surface area contributed by atoms with Gasteiger partial charge in [0.1, 0.15) is 12.2 Å². The standard InChI is InChI=1S/C18H26O4/c19-16(14-6-2-1-3-7-14)21-13-17-8-4-5-9-18(17)10-11-20-15(12-17)22-18/h10-11,14-15H,1-9,12-13H2/t15-,17+,18-/m1/s1. The van der Waals surface area contributed by atoms with Gasteiger partial charge in [-0.05, 0) is 31.8 Å². The number of carbonyl (C=O) groups excluding carboxylic acids is 1. The monoisotopic (exact) mass is 306 g/mol. The van der Waals surface area contributed by atoms with Crippen LogP contribution in [0.1, 0.15) is 64.2 Å². The van der Waals surface area contributed by atoms with Gasteiger partial charge in [-0.25, -0.2) is 0 Å². The second-order valence-corrected chi connectivity index (χ2v) is 7.51. The minimum Gasteiger partial charge on any atom is -0.473 e. The van der Waals surface area contributed by atoms with E-state index in [9.17, 15) is 4.79 Å². The van der Waals surface area contributed by atoms with Crippen molar-refractivity contribution in [2.75, 3.05) is 6.61 Å². The van der Waals surface area contributed by atoms with Crippen molar-refractivity contribution in [3.63, 3.8) is 0 Å². The average Bonchev–Trinajstić information content (AvgIpc) is 2.79. The van der Waals surface area contributed by atoms with Crippen LogP contribution in [0.15, 0.2) is 12.3 Å². The molecule has 4 heteroatoms. The lowest BCUT2D eigenvalue weighted by atomic mass is 9.63. The van der Waals surface area contributed by atoms with E-state index in [-0.39, 0.29) is 29.2 Å². The minimum absolute atomic E-state index is 0.0149. The van der Waals surface area contributed by atoms with E-state index in [1.54, 1.807) is 6.26 Å². The molecule has 2 bridgehead atoms. The van der Waals surface area contributed by atoms with Crippen molar-refractivity contribution in [1.82, 2.24) is 0 Å². The molecule has 1 spiro atoms. The molecule has 3 atom stereocenters. The molecular formula is C18H26O4. The zero-order chi connectivity index (χ0) is 15.0. The summed E-state index contributed by atoms with van der Waals surface area (Å²) in [6.45, 7) is 0.493. The molecule has 3 fully saturated rings. The molecule has 0 aromatic carbocycles. The first-order valence-electron chi connectivity index (χ1n) is 8.91. The predicted octanol–water partition coefficient (Wildman–Crippen LogP) is 3.70. The molecule has 22 heavy (non-hydrogen) atoms. The number of carbonyl (C=O) groups is 1. The summed E-state index contributed by atoms with van der Waals surface area (Å²) in [5, 5.41) is 0. The van der Waals surface area contributed by atoms with Crippen molar-refractivity contribution < 1.29 is 19.0 Å². The Morgan fingerprint density at radius 3 is 2.82 bits per heavy atom. The average molecular weight is 306 g/mol. The molecule has 4 aliphatic rings. The van der Waals surface area contributed by atoms with Gasteiger partial charge in [-0.3, -0.25) is 4.79 Å². The summed E-state index contributed by atoms with van der Waals surface area (Å²) in [7, 11) is 0. The summed E-state index contributed by atoms with van der Waals surface area (Å²) in [5.74, 6) is 0.138. The Bertz CT molecular complexity index is 468. The zero-order valence-electron chi connectivity index (χ0n) is 13.2. The van der Waals surface area contributed by atoms with Gasteiger partial charge in [0.05, 0.1) is 12.2 Å². The molecule has 0 amide bonds. The van der Waals surface area contributed by atoms with Crippen LogP contribution >= 0.6 is 0 Å². The van der Waals surface area contributed by atoms with E-state index in [1.165, 1.54) is 19.3 Å². The lowest BCUT2D eigenvalue weighted by Crippen LogP contribution is -2.49. The molecule has 0 N–H and O–H groups in total. The number of ether oxygens (including phenoxy) is 3. The van der Waals surface area contributed by atoms with Gasteiger partial charge in [-0.15, -0.1) is 0 Å². The van der Waals surface area contributed by atoms with Crippen LogP contribution in [0, 0.1) is 11.3 Å². The maximum absolute atomic E-state index is 12.4. The number of fused-ring (bicyclic) bond motifs is 1. The van der Waals surface area contributed by atoms with Crippen LogP contribution in [0.25, 0.3) is 0 Å². The van der Waals surface area contributed by atoms with Crippen molar-refractivity contribution in [2.45, 2.75) is 76.1 Å². The summed E-state index contributed by atoms with van der Waals surface area (Å²) in [6.07, 6.45) is 14.6. The molecule has 0 radical (unpaired) electrons. The van der Waals surface area contributed by atoms with Crippen LogP contribution in [-0.4, -0.2) is 24.5 Å². The fourth-order valence-corrected chi connectivity index (χ4v) is 4.91. The van der Waals surface area contributed by atoms with Crippen LogP contribution in [-0.2, 0) is 19.0 Å². The quantitative estimate of drug-likeness (QED) is 0.746. The van der Waals surface area contributed by atoms with Crippen molar-refractivity contribution >= 4 is 5.97 Å². The minimum atomic E-state index is -0.263. The summed E-state index contributed by atoms with van der Waals surface area (Å²) >= 11 is 0. The summed E-state index contributed by atoms with van der Waals surface area (Å²) in [6, 6.07) is 0. The zero-order valence-corrected chi connectivity index (χ0v) is 13.2. The molecule has 2 aliphatic heterocycles. The highest BCUT2D eigenvalue weighted by Gasteiger charge is 2.61. The van der Waals surface area contributed by atoms with E-state index in [2.05, 4.69) is 6.08 Å². The summed E-state index contributed by atoms with van der Waals surface area (Å²) in [5.41, 5.74) is -0.339. The topological polar surface area (TPSA) is 44.8 Å². The number of hydrogen-bond acceptors (Lipinski definition) is 4. The van der Waals surface area contributed by atoms with Gasteiger partial charge in [0, 0.05) is 11.8 Å². The SMILES string of the molecule is O=C(OC[C@@]12CCCC[C@@]13C=CO[C@@H](C2)O3)C1CCCCC1. The molecule has 0 aromatic rings. The first-order chi connectivity index (χ1) is 10.7. The molecule has 1 saturated heterocycles. The maximum Gasteiger partial charge on any atom is 0.308 e. The van der Waals surface area contributed by atoms with Gasteiger partial charge < -0.3 is 14.2 Å². The summed E-state index contributed by atoms with van der Waals surface area (Å²) < 4.78 is 17.6. The smallest absolute Gasteiger partial charge is 0.308 e. The normalized spacial score (nSPS) is 40.8. The van der Waals surface area contributed by atoms with Crippen LogP contribution in [0.4, 0.5) is 0 Å². The fraction of sp³-hybridized carbons (Fsp3) is 0.833. The van der Waals surface area contributed by atoms with E-state index in [0.717, 1.165) is 44.9 Å². The van der Waals surface area contributed by atoms with Gasteiger partial charge in [0.2, 0.25) is 6.29 Å². The first kappa shape index (κ1) is 14.6. The van der Waals surface area contributed by atoms with Crippen LogP contribution in [0.3, 0.4) is 0 Å². The Morgan fingerprint density at radius 2 is 1.95 bits per heavy atom. The lowest BCUT2D eigenvalue weighted by Gasteiger charge is -2.45. The second-order valence-electron chi connectivity index (χ2n) is 7.51. The van der Waals surface area contributed by atoms with Crippen molar-refractivity contribution in [3.8, 4) is 0 Å². The number of hydrogen-bond donors (Lipinski definition) is 0. The van der Waals surface area contributed by atoms with E-state index in [4.69, 9.17) is 14.2 Å². The molecular weight excluding hydrogens is 280 g/mol. The van der Waals surface area contributed by atoms with E-state index in [0.29, 0.717) is 6.61 Å². The second kappa shape index (κ2) is 5.55. The fourth-order valence-electron chi connectivity index (χ4n) is 4.91. The molecule has 0 unspecified atom stereocenters. The van der Waals surface area contributed by atoms with E-state index < -0.39 is 0 Å². The van der Waals surface area contributed by atoms with Crippen LogP contribution < -0.4 is 0 Å². The Balaban J connectivity index is 1.46. The molecule has 4 rings (SSSR count). The van der Waals surface area contributed by atoms with E-state index >= 15 is 0 Å². The van der Waals surface area contributed by atoms with Gasteiger partial charge in [0.25, 0.3) is 0 Å². The van der Waals surface area contributed by atoms with Crippen molar-refractivity contribution in [2.24, 2.45) is 11.3 Å². The highest BCUT2D eigenvalue weighted by molar-refractivity contribution is 5.72. The lowest BCUT2D eigenvalue weighted by molar-refractivity contribution is -0.174. The predicted molar refractivity (Wildman–Crippen MR) is 80.9 cm³/mol. The van der Waals surface area contributed by atoms with Crippen LogP contribution in [0.2, 0.25) is 0 Å². The molecule has 2 saturated carbocycles. The van der Waals surface area contributed by atoms with E-state index in [1.807, 2.05) is 0 Å². The molecule has 4 nitrogen and oxygen atoms in total. The first-order valence-corrected chi connectivity index (χ1v) is 8.91.